The lowest BCUT2D eigenvalue weighted by molar-refractivity contribution is -0.192. The molecule has 4 heterocycles. The lowest BCUT2D eigenvalue weighted by Crippen LogP contribution is -2.72. The maximum Gasteiger partial charge on any atom is 0.490 e. The van der Waals surface area contributed by atoms with Gasteiger partial charge in [-0.2, -0.15) is 27.8 Å². The zero-order valence-electron chi connectivity index (χ0n) is 17.8. The molecule has 1 spiro atoms. The fourth-order valence-corrected chi connectivity index (χ4v) is 4.17. The fourth-order valence-electron chi connectivity index (χ4n) is 4.17. The number of likely N-dealkylation sites (N-methyl/N-ethyl adjacent to an activating group) is 1. The number of carbonyl (C=O) groups is 1. The van der Waals surface area contributed by atoms with Gasteiger partial charge in [0.05, 0.1) is 5.54 Å². The number of aryl methyl sites for hydroxylation is 1. The maximum absolute atomic E-state index is 10.6. The molecule has 0 amide bonds. The van der Waals surface area contributed by atoms with Gasteiger partial charge in [0.2, 0.25) is 0 Å². The quantitative estimate of drug-likeness (QED) is 0.765. The zero-order chi connectivity index (χ0) is 22.8. The molecule has 1 atom stereocenters. The summed E-state index contributed by atoms with van der Waals surface area (Å²) in [6.07, 6.45) is -1.06. The molecule has 0 saturated carbocycles. The van der Waals surface area contributed by atoms with Crippen LogP contribution in [0.25, 0.3) is 5.78 Å². The van der Waals surface area contributed by atoms with Crippen LogP contribution in [0.4, 0.5) is 19.0 Å². The van der Waals surface area contributed by atoms with E-state index >= 15 is 0 Å². The highest BCUT2D eigenvalue weighted by Crippen LogP contribution is 2.40. The van der Waals surface area contributed by atoms with Crippen molar-refractivity contribution in [1.29, 1.82) is 0 Å². The first-order chi connectivity index (χ1) is 14.6. The SMILES string of the molecule is CCOCC1CCN(C)C2(C1)CN(c1cc(C)nc3ncnn13)C2.O=C(O)C(F)(F)F. The Labute approximate surface area is 177 Å². The van der Waals surface area contributed by atoms with Gasteiger partial charge in [-0.3, -0.25) is 4.90 Å². The van der Waals surface area contributed by atoms with E-state index in [1.165, 1.54) is 12.8 Å². The Morgan fingerprint density at radius 1 is 1.39 bits per heavy atom. The van der Waals surface area contributed by atoms with Crippen molar-refractivity contribution in [2.24, 2.45) is 5.92 Å². The summed E-state index contributed by atoms with van der Waals surface area (Å²) in [4.78, 5) is 22.5. The van der Waals surface area contributed by atoms with Crippen molar-refractivity contribution in [2.75, 3.05) is 44.8 Å². The van der Waals surface area contributed by atoms with E-state index in [1.54, 1.807) is 6.33 Å². The molecule has 0 bridgehead atoms. The highest BCUT2D eigenvalue weighted by Gasteiger charge is 2.50. The van der Waals surface area contributed by atoms with Crippen molar-refractivity contribution in [3.05, 3.63) is 18.1 Å². The van der Waals surface area contributed by atoms with Crippen molar-refractivity contribution in [2.45, 2.75) is 38.4 Å². The predicted octanol–water partition coefficient (Wildman–Crippen LogP) is 2.00. The molecule has 0 radical (unpaired) electrons. The number of hydrogen-bond donors (Lipinski definition) is 1. The molecule has 2 aromatic heterocycles. The minimum Gasteiger partial charge on any atom is -0.475 e. The first-order valence-electron chi connectivity index (χ1n) is 10.1. The Hall–Kier alpha value is -2.47. The van der Waals surface area contributed by atoms with Crippen LogP contribution in [-0.2, 0) is 9.53 Å². The number of likely N-dealkylation sites (tertiary alicyclic amines) is 1. The molecule has 0 aromatic carbocycles. The monoisotopic (exact) mass is 444 g/mol. The lowest BCUT2D eigenvalue weighted by Gasteiger charge is -2.59. The van der Waals surface area contributed by atoms with Crippen LogP contribution in [0.1, 0.15) is 25.5 Å². The Morgan fingerprint density at radius 2 is 2.06 bits per heavy atom. The van der Waals surface area contributed by atoms with Crippen LogP contribution in [0.3, 0.4) is 0 Å². The number of halogens is 3. The van der Waals surface area contributed by atoms with E-state index in [0.717, 1.165) is 44.4 Å². The van der Waals surface area contributed by atoms with Crippen molar-refractivity contribution in [1.82, 2.24) is 24.5 Å². The van der Waals surface area contributed by atoms with E-state index in [4.69, 9.17) is 14.6 Å². The molecule has 4 rings (SSSR count). The minimum absolute atomic E-state index is 0.268. The molecule has 9 nitrogen and oxygen atoms in total. The van der Waals surface area contributed by atoms with E-state index in [-0.39, 0.29) is 5.54 Å². The Bertz CT molecular complexity index is 911. The number of anilines is 1. The fraction of sp³-hybridized carbons (Fsp3) is 0.684. The van der Waals surface area contributed by atoms with Gasteiger partial charge in [0.1, 0.15) is 12.1 Å². The molecule has 2 aliphatic heterocycles. The van der Waals surface area contributed by atoms with Gasteiger partial charge in [-0.15, -0.1) is 0 Å². The predicted molar refractivity (Wildman–Crippen MR) is 106 cm³/mol. The van der Waals surface area contributed by atoms with Gasteiger partial charge < -0.3 is 14.7 Å². The summed E-state index contributed by atoms with van der Waals surface area (Å²) in [5.41, 5.74) is 1.25. The minimum atomic E-state index is -5.08. The standard InChI is InChI=1S/C17H26N6O.C2HF3O2/c1-4-24-9-14-5-6-21(3)17(8-14)10-22(11-17)15-7-13(2)20-16-18-12-19-23(15)16;3-2(4,5)1(6)7/h7,12,14H,4-6,8-11H2,1-3H3;(H,6,7). The van der Waals surface area contributed by atoms with Gasteiger partial charge in [-0.05, 0) is 46.2 Å². The van der Waals surface area contributed by atoms with Crippen LogP contribution in [-0.4, -0.2) is 87.2 Å². The van der Waals surface area contributed by atoms with Gasteiger partial charge in [0.25, 0.3) is 5.78 Å². The van der Waals surface area contributed by atoms with Crippen molar-refractivity contribution in [3.8, 4) is 0 Å². The molecule has 0 aliphatic carbocycles. The summed E-state index contributed by atoms with van der Waals surface area (Å²) in [7, 11) is 2.26. The highest BCUT2D eigenvalue weighted by atomic mass is 19.4. The number of piperidine rings is 1. The second kappa shape index (κ2) is 8.95. The number of rotatable bonds is 4. The first kappa shape index (κ1) is 23.2. The number of aromatic nitrogens is 4. The summed E-state index contributed by atoms with van der Waals surface area (Å²) in [6.45, 7) is 9.01. The normalized spacial score (nSPS) is 21.0. The van der Waals surface area contributed by atoms with Crippen LogP contribution in [0, 0.1) is 12.8 Å². The molecule has 2 aliphatic rings. The van der Waals surface area contributed by atoms with Crippen LogP contribution in [0.5, 0.6) is 0 Å². The summed E-state index contributed by atoms with van der Waals surface area (Å²) in [5.74, 6) is -0.306. The number of fused-ring (bicyclic) bond motifs is 1. The van der Waals surface area contributed by atoms with Crippen molar-refractivity contribution >= 4 is 17.6 Å². The summed E-state index contributed by atoms with van der Waals surface area (Å²) in [5, 5.41) is 11.5. The van der Waals surface area contributed by atoms with Crippen molar-refractivity contribution < 1.29 is 27.8 Å². The zero-order valence-corrected chi connectivity index (χ0v) is 17.8. The van der Waals surface area contributed by atoms with E-state index in [9.17, 15) is 13.2 Å². The van der Waals surface area contributed by atoms with E-state index in [1.807, 2.05) is 11.4 Å². The molecular weight excluding hydrogens is 417 g/mol. The van der Waals surface area contributed by atoms with Gasteiger partial charge in [-0.25, -0.2) is 9.78 Å². The van der Waals surface area contributed by atoms with Gasteiger partial charge in [0.15, 0.2) is 0 Å². The van der Waals surface area contributed by atoms with E-state index in [0.29, 0.717) is 11.7 Å². The van der Waals surface area contributed by atoms with E-state index in [2.05, 4.69) is 44.9 Å². The molecule has 2 aromatic rings. The average Bonchev–Trinajstić information content (AvgIpc) is 3.13. The summed E-state index contributed by atoms with van der Waals surface area (Å²) >= 11 is 0. The molecule has 1 unspecified atom stereocenters. The second-order valence-corrected chi connectivity index (χ2v) is 8.05. The van der Waals surface area contributed by atoms with Gasteiger partial charge >= 0.3 is 12.1 Å². The number of nitrogens with zero attached hydrogens (tertiary/aromatic N) is 6. The maximum atomic E-state index is 10.6. The topological polar surface area (TPSA) is 96.1 Å². The first-order valence-corrected chi connectivity index (χ1v) is 10.1. The second-order valence-electron chi connectivity index (χ2n) is 8.05. The smallest absolute Gasteiger partial charge is 0.475 e. The van der Waals surface area contributed by atoms with Gasteiger partial charge in [0, 0.05) is 38.1 Å². The highest BCUT2D eigenvalue weighted by molar-refractivity contribution is 5.73. The molecule has 12 heteroatoms. The number of carboxylic acid groups (broad SMARTS) is 1. The third kappa shape index (κ3) is 5.06. The Balaban J connectivity index is 0.000000339. The number of aliphatic carboxylic acids is 1. The van der Waals surface area contributed by atoms with Crippen LogP contribution < -0.4 is 4.90 Å². The number of ether oxygens (including phenoxy) is 1. The summed E-state index contributed by atoms with van der Waals surface area (Å²) in [6, 6.07) is 2.11. The molecule has 1 N–H and O–H groups in total. The number of hydrogen-bond acceptors (Lipinski definition) is 7. The molecular formula is C19H27F3N6O3. The largest absolute Gasteiger partial charge is 0.490 e. The third-order valence-corrected chi connectivity index (χ3v) is 5.81. The van der Waals surface area contributed by atoms with Gasteiger partial charge in [-0.1, -0.05) is 0 Å². The summed E-state index contributed by atoms with van der Waals surface area (Å²) < 4.78 is 39.3. The van der Waals surface area contributed by atoms with E-state index < -0.39 is 12.1 Å². The van der Waals surface area contributed by atoms with Crippen molar-refractivity contribution in [3.63, 3.8) is 0 Å². The molecule has 172 valence electrons. The average molecular weight is 444 g/mol. The Kier molecular flexibility index (Phi) is 6.70. The van der Waals surface area contributed by atoms with Crippen LogP contribution in [0.15, 0.2) is 12.4 Å². The molecule has 2 fully saturated rings. The van der Waals surface area contributed by atoms with Crippen LogP contribution in [0.2, 0.25) is 0 Å². The number of carboxylic acids is 1. The van der Waals surface area contributed by atoms with Crippen LogP contribution >= 0.6 is 0 Å². The molecule has 31 heavy (non-hydrogen) atoms. The Morgan fingerprint density at radius 3 is 2.68 bits per heavy atom. The lowest BCUT2D eigenvalue weighted by atomic mass is 9.75. The molecule has 2 saturated heterocycles. The third-order valence-electron chi connectivity index (χ3n) is 5.81. The number of alkyl halides is 3.